The summed E-state index contributed by atoms with van der Waals surface area (Å²) >= 11 is 0. The number of pyridine rings is 2. The maximum Gasteiger partial charge on any atom is 0.265 e. The lowest BCUT2D eigenvalue weighted by Gasteiger charge is -2.08. The lowest BCUT2D eigenvalue weighted by Crippen LogP contribution is -2.21. The number of nitrogens with zero attached hydrogens (tertiary/aromatic N) is 3. The van der Waals surface area contributed by atoms with E-state index in [1.165, 1.54) is 0 Å². The van der Waals surface area contributed by atoms with Crippen LogP contribution in [0.4, 0.5) is 5.82 Å². The molecule has 0 unspecified atom stereocenters. The Morgan fingerprint density at radius 3 is 2.85 bits per heavy atom. The third-order valence-corrected chi connectivity index (χ3v) is 3.01. The van der Waals surface area contributed by atoms with Gasteiger partial charge in [0.2, 0.25) is 0 Å². The highest BCUT2D eigenvalue weighted by atomic mass is 16.1. The normalized spacial score (nSPS) is 10.6. The number of H-pyrrole nitrogens is 1. The number of nitrogens with two attached hydrogens (primary N) is 1. The number of nitrogens with one attached hydrogen (secondary N) is 1. The zero-order valence-corrected chi connectivity index (χ0v) is 12.0. The summed E-state index contributed by atoms with van der Waals surface area (Å²) in [4.78, 5) is 16.7. The highest BCUT2D eigenvalue weighted by Crippen LogP contribution is 2.22. The third kappa shape index (κ3) is 2.03. The van der Waals surface area contributed by atoms with Crippen molar-refractivity contribution in [3.05, 3.63) is 28.7 Å². The molecule has 3 aromatic rings. The van der Waals surface area contributed by atoms with E-state index in [9.17, 15) is 4.79 Å². The molecule has 3 rings (SSSR count). The van der Waals surface area contributed by atoms with Gasteiger partial charge in [0.25, 0.3) is 5.56 Å². The summed E-state index contributed by atoms with van der Waals surface area (Å²) in [6.07, 6.45) is 2.54. The molecular formula is C14H19N5O. The second kappa shape index (κ2) is 5.73. The van der Waals surface area contributed by atoms with E-state index in [0.29, 0.717) is 23.1 Å². The minimum Gasteiger partial charge on any atom is -0.382 e. The molecule has 3 aromatic heterocycles. The standard InChI is InChI=1S/C12H13N5O.C2H6/c1-2-6-17-11-7(4-3-5-14-11)9-8(12(17)18)10(13)16-15-9;1-2/h3-5H,2,6H2,1H3,(H3,13,15,16);1-2H3. The fourth-order valence-electron chi connectivity index (χ4n) is 2.24. The SMILES string of the molecule is CC.CCCn1c(=O)c2c(N)n[nH]c2c2cccnc21. The Bertz CT molecular complexity index is 787. The Morgan fingerprint density at radius 2 is 2.15 bits per heavy atom. The van der Waals surface area contributed by atoms with E-state index in [0.717, 1.165) is 11.8 Å². The van der Waals surface area contributed by atoms with Crippen LogP contribution in [0, 0.1) is 0 Å². The topological polar surface area (TPSA) is 89.6 Å². The highest BCUT2D eigenvalue weighted by molar-refractivity contribution is 6.05. The van der Waals surface area contributed by atoms with Crippen molar-refractivity contribution in [1.29, 1.82) is 0 Å². The first-order chi connectivity index (χ1) is 9.74. The second-order valence-corrected chi connectivity index (χ2v) is 4.19. The largest absolute Gasteiger partial charge is 0.382 e. The molecule has 0 fully saturated rings. The van der Waals surface area contributed by atoms with Gasteiger partial charge in [-0.05, 0) is 18.6 Å². The molecule has 6 heteroatoms. The average Bonchev–Trinajstić information content (AvgIpc) is 2.88. The van der Waals surface area contributed by atoms with Crippen LogP contribution in [0.25, 0.3) is 21.9 Å². The summed E-state index contributed by atoms with van der Waals surface area (Å²) in [6.45, 7) is 6.64. The Balaban J connectivity index is 0.000000704. The molecule has 0 aliphatic carbocycles. The minimum absolute atomic E-state index is 0.135. The van der Waals surface area contributed by atoms with Crippen LogP contribution in [-0.4, -0.2) is 19.7 Å². The maximum absolute atomic E-state index is 12.4. The first-order valence-electron chi connectivity index (χ1n) is 6.85. The van der Waals surface area contributed by atoms with Gasteiger partial charge in [0.1, 0.15) is 11.0 Å². The van der Waals surface area contributed by atoms with Crippen molar-refractivity contribution in [2.75, 3.05) is 5.73 Å². The smallest absolute Gasteiger partial charge is 0.265 e. The number of aryl methyl sites for hydroxylation is 1. The number of hydrogen-bond acceptors (Lipinski definition) is 4. The van der Waals surface area contributed by atoms with E-state index in [1.807, 2.05) is 32.9 Å². The van der Waals surface area contributed by atoms with Crippen molar-refractivity contribution in [1.82, 2.24) is 19.7 Å². The summed E-state index contributed by atoms with van der Waals surface area (Å²) in [6, 6.07) is 3.74. The Morgan fingerprint density at radius 1 is 1.40 bits per heavy atom. The Kier molecular flexibility index (Phi) is 4.02. The van der Waals surface area contributed by atoms with Crippen LogP contribution in [0.5, 0.6) is 0 Å². The second-order valence-electron chi connectivity index (χ2n) is 4.19. The summed E-state index contributed by atoms with van der Waals surface area (Å²) < 4.78 is 1.66. The molecule has 0 spiro atoms. The summed E-state index contributed by atoms with van der Waals surface area (Å²) in [5, 5.41) is 8.05. The van der Waals surface area contributed by atoms with Crippen molar-refractivity contribution < 1.29 is 0 Å². The molecule has 6 nitrogen and oxygen atoms in total. The first-order valence-corrected chi connectivity index (χ1v) is 6.85. The van der Waals surface area contributed by atoms with Gasteiger partial charge in [0, 0.05) is 18.1 Å². The average molecular weight is 273 g/mol. The van der Waals surface area contributed by atoms with Gasteiger partial charge in [-0.25, -0.2) is 4.98 Å². The van der Waals surface area contributed by atoms with Crippen molar-refractivity contribution in [2.24, 2.45) is 0 Å². The van der Waals surface area contributed by atoms with Crippen molar-refractivity contribution in [2.45, 2.75) is 33.7 Å². The predicted molar refractivity (Wildman–Crippen MR) is 81.7 cm³/mol. The quantitative estimate of drug-likeness (QED) is 0.749. The van der Waals surface area contributed by atoms with Gasteiger partial charge >= 0.3 is 0 Å². The Hall–Kier alpha value is -2.37. The molecule has 106 valence electrons. The fourth-order valence-corrected chi connectivity index (χ4v) is 2.24. The molecule has 0 aromatic carbocycles. The van der Waals surface area contributed by atoms with Gasteiger partial charge in [0.05, 0.1) is 5.52 Å². The molecule has 3 heterocycles. The fraction of sp³-hybridized carbons (Fsp3) is 0.357. The van der Waals surface area contributed by atoms with E-state index in [4.69, 9.17) is 5.73 Å². The van der Waals surface area contributed by atoms with Crippen LogP contribution < -0.4 is 11.3 Å². The number of rotatable bonds is 2. The van der Waals surface area contributed by atoms with Crippen LogP contribution >= 0.6 is 0 Å². The monoisotopic (exact) mass is 273 g/mol. The van der Waals surface area contributed by atoms with Crippen molar-refractivity contribution in [3.8, 4) is 0 Å². The number of hydrogen-bond donors (Lipinski definition) is 2. The number of nitrogen functional groups attached to an aromatic ring is 1. The maximum atomic E-state index is 12.4. The lowest BCUT2D eigenvalue weighted by atomic mass is 10.2. The summed E-state index contributed by atoms with van der Waals surface area (Å²) in [5.74, 6) is 0.241. The van der Waals surface area contributed by atoms with Crippen LogP contribution in [-0.2, 0) is 6.54 Å². The molecule has 0 atom stereocenters. The molecule has 0 amide bonds. The van der Waals surface area contributed by atoms with Gasteiger partial charge in [-0.2, -0.15) is 5.10 Å². The molecular weight excluding hydrogens is 254 g/mol. The van der Waals surface area contributed by atoms with E-state index in [2.05, 4.69) is 15.2 Å². The first kappa shape index (κ1) is 14.0. The van der Waals surface area contributed by atoms with Crippen molar-refractivity contribution >= 4 is 27.8 Å². The van der Waals surface area contributed by atoms with Crippen LogP contribution in [0.1, 0.15) is 27.2 Å². The molecule has 0 saturated heterocycles. The third-order valence-electron chi connectivity index (χ3n) is 3.01. The lowest BCUT2D eigenvalue weighted by molar-refractivity contribution is 0.676. The number of fused-ring (bicyclic) bond motifs is 3. The summed E-state index contributed by atoms with van der Waals surface area (Å²) in [5.41, 5.74) is 6.95. The zero-order chi connectivity index (χ0) is 14.7. The molecule has 0 aliphatic heterocycles. The zero-order valence-electron chi connectivity index (χ0n) is 12.0. The van der Waals surface area contributed by atoms with E-state index < -0.39 is 0 Å². The number of aromatic nitrogens is 4. The predicted octanol–water partition coefficient (Wildman–Crippen LogP) is 2.29. The molecule has 0 bridgehead atoms. The van der Waals surface area contributed by atoms with Crippen molar-refractivity contribution in [3.63, 3.8) is 0 Å². The molecule has 0 saturated carbocycles. The van der Waals surface area contributed by atoms with Gasteiger partial charge in [-0.1, -0.05) is 20.8 Å². The van der Waals surface area contributed by atoms with E-state index >= 15 is 0 Å². The molecule has 20 heavy (non-hydrogen) atoms. The van der Waals surface area contributed by atoms with Crippen LogP contribution in [0.15, 0.2) is 23.1 Å². The van der Waals surface area contributed by atoms with E-state index in [1.54, 1.807) is 10.8 Å². The van der Waals surface area contributed by atoms with Crippen LogP contribution in [0.3, 0.4) is 0 Å². The van der Waals surface area contributed by atoms with Gasteiger partial charge in [-0.3, -0.25) is 14.5 Å². The molecule has 0 aliphatic rings. The minimum atomic E-state index is -0.135. The molecule has 0 radical (unpaired) electrons. The van der Waals surface area contributed by atoms with Crippen LogP contribution in [0.2, 0.25) is 0 Å². The summed E-state index contributed by atoms with van der Waals surface area (Å²) in [7, 11) is 0. The Labute approximate surface area is 116 Å². The number of anilines is 1. The molecule has 3 N–H and O–H groups in total. The van der Waals surface area contributed by atoms with Gasteiger partial charge < -0.3 is 5.73 Å². The number of aromatic amines is 1. The highest BCUT2D eigenvalue weighted by Gasteiger charge is 2.15. The van der Waals surface area contributed by atoms with Gasteiger partial charge in [0.15, 0.2) is 5.82 Å². The van der Waals surface area contributed by atoms with E-state index in [-0.39, 0.29) is 11.4 Å². The van der Waals surface area contributed by atoms with Gasteiger partial charge in [-0.15, -0.1) is 0 Å².